The number of hydrogen-bond acceptors (Lipinski definition) is 4. The van der Waals surface area contributed by atoms with Crippen LogP contribution in [0.1, 0.15) is 5.69 Å². The number of hydrogen-bond donors (Lipinski definition) is 3. The van der Waals surface area contributed by atoms with Crippen molar-refractivity contribution in [2.45, 2.75) is 6.42 Å². The molecule has 0 bridgehead atoms. The first kappa shape index (κ1) is 12.2. The molecule has 0 spiro atoms. The lowest BCUT2D eigenvalue weighted by atomic mass is 10.3. The average Bonchev–Trinajstić information content (AvgIpc) is 2.58. The SMILES string of the molecule is Cn1nccc1CCNCC(=O)NC(N)=O. The summed E-state index contributed by atoms with van der Waals surface area (Å²) in [4.78, 5) is 21.3. The number of nitrogens with two attached hydrogens (primary N) is 1. The fourth-order valence-corrected chi connectivity index (χ4v) is 1.25. The molecule has 1 rings (SSSR count). The van der Waals surface area contributed by atoms with Crippen LogP contribution in [-0.2, 0) is 18.3 Å². The van der Waals surface area contributed by atoms with Crippen LogP contribution in [0.25, 0.3) is 0 Å². The maximum Gasteiger partial charge on any atom is 0.318 e. The van der Waals surface area contributed by atoms with Crippen LogP contribution in [0.2, 0.25) is 0 Å². The summed E-state index contributed by atoms with van der Waals surface area (Å²) in [7, 11) is 1.86. The molecular formula is C9H15N5O2. The third-order valence-electron chi connectivity index (χ3n) is 2.03. The molecule has 1 aromatic rings. The number of nitrogens with one attached hydrogen (secondary N) is 2. The predicted octanol–water partition coefficient (Wildman–Crippen LogP) is -1.25. The molecule has 0 atom stereocenters. The van der Waals surface area contributed by atoms with Gasteiger partial charge in [-0.1, -0.05) is 0 Å². The number of urea groups is 1. The fourth-order valence-electron chi connectivity index (χ4n) is 1.25. The monoisotopic (exact) mass is 225 g/mol. The summed E-state index contributed by atoms with van der Waals surface area (Å²) in [6.45, 7) is 0.701. The van der Waals surface area contributed by atoms with Gasteiger partial charge < -0.3 is 11.1 Å². The molecule has 0 aliphatic carbocycles. The van der Waals surface area contributed by atoms with E-state index in [9.17, 15) is 9.59 Å². The van der Waals surface area contributed by atoms with Crippen LogP contribution in [0.3, 0.4) is 0 Å². The number of primary amides is 1. The zero-order chi connectivity index (χ0) is 12.0. The maximum atomic E-state index is 11.0. The topological polar surface area (TPSA) is 102 Å². The molecule has 0 unspecified atom stereocenters. The van der Waals surface area contributed by atoms with Crippen molar-refractivity contribution in [3.8, 4) is 0 Å². The van der Waals surface area contributed by atoms with Gasteiger partial charge in [-0.3, -0.25) is 14.8 Å². The van der Waals surface area contributed by atoms with Gasteiger partial charge in [0.05, 0.1) is 6.54 Å². The molecule has 16 heavy (non-hydrogen) atoms. The Labute approximate surface area is 93.0 Å². The van der Waals surface area contributed by atoms with Gasteiger partial charge in [0.25, 0.3) is 0 Å². The molecule has 1 heterocycles. The van der Waals surface area contributed by atoms with E-state index in [1.165, 1.54) is 0 Å². The summed E-state index contributed by atoms with van der Waals surface area (Å²) in [6, 6.07) is 1.07. The van der Waals surface area contributed by atoms with Crippen molar-refractivity contribution in [3.63, 3.8) is 0 Å². The lowest BCUT2D eigenvalue weighted by Gasteiger charge is -2.04. The Morgan fingerprint density at radius 3 is 2.88 bits per heavy atom. The van der Waals surface area contributed by atoms with Gasteiger partial charge in [0.15, 0.2) is 0 Å². The van der Waals surface area contributed by atoms with Crippen molar-refractivity contribution in [3.05, 3.63) is 18.0 Å². The van der Waals surface area contributed by atoms with Crippen LogP contribution in [0, 0.1) is 0 Å². The van der Waals surface area contributed by atoms with Gasteiger partial charge in [-0.2, -0.15) is 5.10 Å². The minimum Gasteiger partial charge on any atom is -0.351 e. The van der Waals surface area contributed by atoms with E-state index in [0.29, 0.717) is 6.54 Å². The Morgan fingerprint density at radius 2 is 2.31 bits per heavy atom. The maximum absolute atomic E-state index is 11.0. The van der Waals surface area contributed by atoms with Crippen molar-refractivity contribution in [2.24, 2.45) is 12.8 Å². The first-order valence-electron chi connectivity index (χ1n) is 4.86. The molecule has 4 N–H and O–H groups in total. The number of carbonyl (C=O) groups is 2. The summed E-state index contributed by atoms with van der Waals surface area (Å²) >= 11 is 0. The molecule has 7 nitrogen and oxygen atoms in total. The second-order valence-electron chi connectivity index (χ2n) is 3.29. The second-order valence-corrected chi connectivity index (χ2v) is 3.29. The van der Waals surface area contributed by atoms with Crippen LogP contribution in [0.5, 0.6) is 0 Å². The first-order chi connectivity index (χ1) is 7.59. The molecule has 0 aromatic carbocycles. The minimum absolute atomic E-state index is 0.0702. The minimum atomic E-state index is -0.835. The van der Waals surface area contributed by atoms with E-state index in [4.69, 9.17) is 5.73 Å². The zero-order valence-corrected chi connectivity index (χ0v) is 9.06. The molecule has 0 saturated carbocycles. The third-order valence-corrected chi connectivity index (χ3v) is 2.03. The highest BCUT2D eigenvalue weighted by Crippen LogP contribution is 1.95. The Hall–Kier alpha value is -1.89. The molecular weight excluding hydrogens is 210 g/mol. The molecule has 3 amide bonds. The van der Waals surface area contributed by atoms with E-state index in [1.54, 1.807) is 10.9 Å². The fraction of sp³-hybridized carbons (Fsp3) is 0.444. The van der Waals surface area contributed by atoms with Gasteiger partial charge in [-0.05, 0) is 6.07 Å². The number of amides is 3. The molecule has 0 radical (unpaired) electrons. The lowest BCUT2D eigenvalue weighted by molar-refractivity contribution is -0.119. The quantitative estimate of drug-likeness (QED) is 0.545. The number of carbonyl (C=O) groups excluding carboxylic acids is 2. The van der Waals surface area contributed by atoms with Gasteiger partial charge in [-0.15, -0.1) is 0 Å². The highest BCUT2D eigenvalue weighted by molar-refractivity contribution is 5.94. The largest absolute Gasteiger partial charge is 0.351 e. The summed E-state index contributed by atoms with van der Waals surface area (Å²) in [5.74, 6) is -0.433. The van der Waals surface area contributed by atoms with Crippen LogP contribution < -0.4 is 16.4 Å². The number of aromatic nitrogens is 2. The molecule has 88 valence electrons. The predicted molar refractivity (Wildman–Crippen MR) is 57.5 cm³/mol. The van der Waals surface area contributed by atoms with E-state index in [2.05, 4.69) is 10.4 Å². The van der Waals surface area contributed by atoms with Crippen LogP contribution in [0.15, 0.2) is 12.3 Å². The Bertz CT molecular complexity index is 374. The highest BCUT2D eigenvalue weighted by atomic mass is 16.2. The van der Waals surface area contributed by atoms with E-state index in [1.807, 2.05) is 18.4 Å². The average molecular weight is 225 g/mol. The molecule has 1 aromatic heterocycles. The van der Waals surface area contributed by atoms with Crippen molar-refractivity contribution in [1.29, 1.82) is 0 Å². The van der Waals surface area contributed by atoms with Gasteiger partial charge in [-0.25, -0.2) is 4.79 Å². The molecule has 0 aliphatic heterocycles. The standard InChI is InChI=1S/C9H15N5O2/c1-14-7(3-5-12-14)2-4-11-6-8(15)13-9(10)16/h3,5,11H,2,4,6H2,1H3,(H3,10,13,15,16). The number of nitrogens with zero attached hydrogens (tertiary/aromatic N) is 2. The normalized spacial score (nSPS) is 10.1. The van der Waals surface area contributed by atoms with E-state index in [-0.39, 0.29) is 6.54 Å². The highest BCUT2D eigenvalue weighted by Gasteiger charge is 2.03. The summed E-state index contributed by atoms with van der Waals surface area (Å²) in [6.07, 6.45) is 2.48. The number of aryl methyl sites for hydroxylation is 1. The van der Waals surface area contributed by atoms with Gasteiger partial charge >= 0.3 is 6.03 Å². The number of imide groups is 1. The van der Waals surface area contributed by atoms with Gasteiger partial charge in [0, 0.05) is 31.9 Å². The van der Waals surface area contributed by atoms with E-state index >= 15 is 0 Å². The Balaban J connectivity index is 2.15. The van der Waals surface area contributed by atoms with E-state index in [0.717, 1.165) is 12.1 Å². The van der Waals surface area contributed by atoms with Crippen LogP contribution in [0.4, 0.5) is 4.79 Å². The molecule has 7 heteroatoms. The molecule has 0 fully saturated rings. The van der Waals surface area contributed by atoms with Gasteiger partial charge in [0.2, 0.25) is 5.91 Å². The Kier molecular flexibility index (Phi) is 4.46. The third kappa shape index (κ3) is 4.09. The lowest BCUT2D eigenvalue weighted by Crippen LogP contribution is -2.41. The molecule has 0 aliphatic rings. The Morgan fingerprint density at radius 1 is 1.56 bits per heavy atom. The van der Waals surface area contributed by atoms with Gasteiger partial charge in [0.1, 0.15) is 0 Å². The van der Waals surface area contributed by atoms with Crippen LogP contribution >= 0.6 is 0 Å². The number of rotatable bonds is 5. The zero-order valence-electron chi connectivity index (χ0n) is 9.06. The van der Waals surface area contributed by atoms with Crippen molar-refractivity contribution < 1.29 is 9.59 Å². The van der Waals surface area contributed by atoms with Crippen molar-refractivity contribution >= 4 is 11.9 Å². The van der Waals surface area contributed by atoms with Crippen molar-refractivity contribution in [2.75, 3.05) is 13.1 Å². The van der Waals surface area contributed by atoms with Crippen LogP contribution in [-0.4, -0.2) is 34.8 Å². The summed E-state index contributed by atoms with van der Waals surface area (Å²) in [5.41, 5.74) is 5.86. The molecule has 0 saturated heterocycles. The summed E-state index contributed by atoms with van der Waals surface area (Å²) in [5, 5.41) is 8.88. The second kappa shape index (κ2) is 5.86. The van der Waals surface area contributed by atoms with E-state index < -0.39 is 11.9 Å². The van der Waals surface area contributed by atoms with Crippen molar-refractivity contribution in [1.82, 2.24) is 20.4 Å². The summed E-state index contributed by atoms with van der Waals surface area (Å²) < 4.78 is 1.77. The first-order valence-corrected chi connectivity index (χ1v) is 4.86. The smallest absolute Gasteiger partial charge is 0.318 e.